The molecule has 1 atom stereocenters. The predicted molar refractivity (Wildman–Crippen MR) is 173 cm³/mol. The number of carbonyl (C=O) groups is 1. The number of H-pyrrole nitrogens is 1. The molecule has 226 valence electrons. The van der Waals surface area contributed by atoms with Gasteiger partial charge in [0.1, 0.15) is 12.4 Å². The van der Waals surface area contributed by atoms with Crippen molar-refractivity contribution in [2.75, 3.05) is 30.7 Å². The third-order valence-electron chi connectivity index (χ3n) is 8.11. The number of hydrogen-bond acceptors (Lipinski definition) is 8. The van der Waals surface area contributed by atoms with Crippen LogP contribution in [-0.2, 0) is 17.9 Å². The molecule has 43 heavy (non-hydrogen) atoms. The lowest BCUT2D eigenvalue weighted by atomic mass is 9.69. The van der Waals surface area contributed by atoms with Crippen LogP contribution in [0, 0.1) is 19.3 Å². The lowest BCUT2D eigenvalue weighted by Crippen LogP contribution is -2.41. The number of aromatic amines is 1. The highest BCUT2D eigenvalue weighted by atomic mass is 32.2. The number of pyridine rings is 1. The van der Waals surface area contributed by atoms with Crippen LogP contribution in [0.5, 0.6) is 5.88 Å². The minimum Gasteiger partial charge on any atom is -0.475 e. The van der Waals surface area contributed by atoms with E-state index in [1.54, 1.807) is 30.5 Å². The highest BCUT2D eigenvalue weighted by Crippen LogP contribution is 2.45. The van der Waals surface area contributed by atoms with E-state index in [1.165, 1.54) is 11.1 Å². The van der Waals surface area contributed by atoms with Crippen molar-refractivity contribution in [3.05, 3.63) is 94.7 Å². The molecule has 4 aromatic rings. The smallest absolute Gasteiger partial charge is 0.228 e. The molecule has 3 heterocycles. The number of nitrogen functional groups attached to an aromatic ring is 1. The van der Waals surface area contributed by atoms with Gasteiger partial charge in [-0.3, -0.25) is 4.79 Å². The number of hydrogen-bond donors (Lipinski definition) is 4. The first-order chi connectivity index (χ1) is 20.7. The number of carbonyl (C=O) groups excluding carboxylic acids is 1. The number of rotatable bonds is 10. The Labute approximate surface area is 258 Å². The number of aryl methyl sites for hydroxylation is 1. The quantitative estimate of drug-likeness (QED) is 0.133. The molecule has 5 N–H and O–H groups in total. The number of benzene rings is 2. The number of nitrogens with two attached hydrogens (primary N) is 1. The summed E-state index contributed by atoms with van der Waals surface area (Å²) in [6.07, 6.45) is 5.20. The molecule has 0 saturated heterocycles. The number of aromatic nitrogens is 3. The molecule has 1 amide bonds. The van der Waals surface area contributed by atoms with Crippen LogP contribution in [0.2, 0.25) is 0 Å². The molecule has 1 aliphatic rings. The van der Waals surface area contributed by atoms with Crippen LogP contribution in [0.3, 0.4) is 0 Å². The van der Waals surface area contributed by atoms with Crippen molar-refractivity contribution >= 4 is 29.2 Å². The van der Waals surface area contributed by atoms with E-state index in [0.717, 1.165) is 46.9 Å². The summed E-state index contributed by atoms with van der Waals surface area (Å²) in [6.45, 7) is 13.4. The normalized spacial score (nSPS) is 14.3. The zero-order chi connectivity index (χ0) is 30.6. The van der Waals surface area contributed by atoms with Crippen LogP contribution in [-0.4, -0.2) is 44.9 Å². The van der Waals surface area contributed by atoms with Gasteiger partial charge in [0.15, 0.2) is 0 Å². The molecule has 2 aromatic heterocycles. The molecule has 2 aromatic carbocycles. The topological polar surface area (TPSA) is 121 Å². The number of fused-ring (bicyclic) bond motifs is 1. The highest BCUT2D eigenvalue weighted by Gasteiger charge is 2.40. The van der Waals surface area contributed by atoms with Crippen molar-refractivity contribution in [1.82, 2.24) is 24.6 Å². The van der Waals surface area contributed by atoms with E-state index in [9.17, 15) is 4.79 Å². The maximum absolute atomic E-state index is 13.9. The number of imidazole rings is 1. The molecule has 0 bridgehead atoms. The first-order valence-corrected chi connectivity index (χ1v) is 15.5. The highest BCUT2D eigenvalue weighted by molar-refractivity contribution is 7.97. The first-order valence-electron chi connectivity index (χ1n) is 14.7. The second-order valence-corrected chi connectivity index (χ2v) is 12.6. The van der Waals surface area contributed by atoms with Crippen molar-refractivity contribution < 1.29 is 9.53 Å². The Morgan fingerprint density at radius 3 is 2.79 bits per heavy atom. The van der Waals surface area contributed by atoms with Crippen LogP contribution in [0.15, 0.2) is 66.0 Å². The maximum atomic E-state index is 13.9. The van der Waals surface area contributed by atoms with Gasteiger partial charge in [-0.05, 0) is 78.7 Å². The summed E-state index contributed by atoms with van der Waals surface area (Å²) >= 11 is 1.67. The Hall–Kier alpha value is -4.02. The first kappa shape index (κ1) is 30.4. The van der Waals surface area contributed by atoms with Crippen LogP contribution in [0.1, 0.15) is 60.3 Å². The van der Waals surface area contributed by atoms with Gasteiger partial charge in [-0.2, -0.15) is 0 Å². The van der Waals surface area contributed by atoms with Gasteiger partial charge in [-0.15, -0.1) is 0 Å². The second kappa shape index (κ2) is 13.1. The molecule has 1 unspecified atom stereocenters. The molecule has 0 aliphatic carbocycles. The number of nitrogens with zero attached hydrogens (tertiary/aromatic N) is 3. The third-order valence-corrected chi connectivity index (χ3v) is 9.19. The Balaban J connectivity index is 1.52. The number of ether oxygens (including phenoxy) is 1. The third kappa shape index (κ3) is 6.65. The summed E-state index contributed by atoms with van der Waals surface area (Å²) in [5, 5.41) is 6.47. The molecule has 0 spiro atoms. The number of nitrogens with one attached hydrogen (secondary N) is 3. The molecule has 0 fully saturated rings. The second-order valence-electron chi connectivity index (χ2n) is 11.4. The zero-order valence-electron chi connectivity index (χ0n) is 25.5. The van der Waals surface area contributed by atoms with Crippen LogP contribution >= 0.6 is 11.9 Å². The Bertz CT molecular complexity index is 1570. The molecule has 9 nitrogen and oxygen atoms in total. The van der Waals surface area contributed by atoms with Gasteiger partial charge in [0.2, 0.25) is 11.8 Å². The van der Waals surface area contributed by atoms with Crippen LogP contribution in [0.4, 0.5) is 11.4 Å². The van der Waals surface area contributed by atoms with E-state index < -0.39 is 5.41 Å². The average Bonchev–Trinajstić information content (AvgIpc) is 3.43. The maximum Gasteiger partial charge on any atom is 0.228 e. The van der Waals surface area contributed by atoms with Crippen LogP contribution < -0.4 is 21.1 Å². The van der Waals surface area contributed by atoms with Crippen molar-refractivity contribution in [2.45, 2.75) is 58.5 Å². The fourth-order valence-corrected chi connectivity index (χ4v) is 6.61. The van der Waals surface area contributed by atoms with Crippen molar-refractivity contribution in [2.24, 2.45) is 5.41 Å². The summed E-state index contributed by atoms with van der Waals surface area (Å²) in [5.74, 6) is 1.07. The monoisotopic (exact) mass is 599 g/mol. The molecule has 1 aliphatic heterocycles. The summed E-state index contributed by atoms with van der Waals surface area (Å²) in [4.78, 5) is 26.6. The van der Waals surface area contributed by atoms with E-state index in [-0.39, 0.29) is 11.8 Å². The molecular formula is C33H41N7O2S. The van der Waals surface area contributed by atoms with Gasteiger partial charge in [0.05, 0.1) is 28.2 Å². The minimum atomic E-state index is -0.814. The summed E-state index contributed by atoms with van der Waals surface area (Å²) in [6, 6.07) is 14.7. The summed E-state index contributed by atoms with van der Waals surface area (Å²) < 4.78 is 8.21. The standard InChI is InChI=1S/C33H41N7O2S/c1-6-35-26-12-11-25(22(3)30(26)34)29(33(4,5)32(41)39-19-28-36-14-15-37-28)23-10-9-21(2)24(18-23)20-40-16-17-42-31-27(43-40)8-7-13-38-31/h7-15,18,29,35H,6,16-17,19-20,34H2,1-5H3,(H,36,37)(H,39,41). The Morgan fingerprint density at radius 2 is 2.02 bits per heavy atom. The SMILES string of the molecule is CCNc1ccc(C(c2ccc(C)c(CN3CCOc4ncccc4S3)c2)C(C)(C)C(=O)NCc2ncc[nH]2)c(C)c1N. The van der Waals surface area contributed by atoms with Crippen molar-refractivity contribution in [3.8, 4) is 5.88 Å². The van der Waals surface area contributed by atoms with Gasteiger partial charge < -0.3 is 26.1 Å². The number of anilines is 2. The van der Waals surface area contributed by atoms with Gasteiger partial charge in [0, 0.05) is 44.1 Å². The fourth-order valence-electron chi connectivity index (χ4n) is 5.63. The van der Waals surface area contributed by atoms with Gasteiger partial charge in [-0.25, -0.2) is 14.3 Å². The molecule has 0 radical (unpaired) electrons. The van der Waals surface area contributed by atoms with Crippen molar-refractivity contribution in [1.29, 1.82) is 0 Å². The van der Waals surface area contributed by atoms with E-state index in [0.29, 0.717) is 30.5 Å². The summed E-state index contributed by atoms with van der Waals surface area (Å²) in [5.41, 5.74) is 12.9. The minimum absolute atomic E-state index is 0.0610. The number of amides is 1. The van der Waals surface area contributed by atoms with Crippen molar-refractivity contribution in [3.63, 3.8) is 0 Å². The van der Waals surface area contributed by atoms with Crippen LogP contribution in [0.25, 0.3) is 0 Å². The summed E-state index contributed by atoms with van der Waals surface area (Å²) in [7, 11) is 0. The average molecular weight is 600 g/mol. The van der Waals surface area contributed by atoms with E-state index >= 15 is 0 Å². The van der Waals surface area contributed by atoms with E-state index in [4.69, 9.17) is 10.5 Å². The van der Waals surface area contributed by atoms with E-state index in [1.807, 2.05) is 39.0 Å². The Morgan fingerprint density at radius 1 is 1.19 bits per heavy atom. The van der Waals surface area contributed by atoms with Gasteiger partial charge >= 0.3 is 0 Å². The molecule has 10 heteroatoms. The molecule has 5 rings (SSSR count). The molecular weight excluding hydrogens is 558 g/mol. The van der Waals surface area contributed by atoms with Gasteiger partial charge in [0.25, 0.3) is 0 Å². The Kier molecular flexibility index (Phi) is 9.27. The fraction of sp³-hybridized carbons (Fsp3) is 0.364. The molecule has 0 saturated carbocycles. The zero-order valence-corrected chi connectivity index (χ0v) is 26.3. The lowest BCUT2D eigenvalue weighted by Gasteiger charge is -2.36. The van der Waals surface area contributed by atoms with E-state index in [2.05, 4.69) is 68.0 Å². The lowest BCUT2D eigenvalue weighted by molar-refractivity contribution is -0.130. The largest absolute Gasteiger partial charge is 0.475 e. The van der Waals surface area contributed by atoms with Gasteiger partial charge in [-0.1, -0.05) is 38.1 Å². The predicted octanol–water partition coefficient (Wildman–Crippen LogP) is 5.81.